The van der Waals surface area contributed by atoms with E-state index in [2.05, 4.69) is 6.92 Å². The van der Waals surface area contributed by atoms with E-state index in [1.54, 1.807) is 0 Å². The van der Waals surface area contributed by atoms with Gasteiger partial charge in [-0.25, -0.2) is 0 Å². The van der Waals surface area contributed by atoms with Crippen LogP contribution in [0.5, 0.6) is 0 Å². The summed E-state index contributed by atoms with van der Waals surface area (Å²) in [5, 5.41) is 0. The van der Waals surface area contributed by atoms with Gasteiger partial charge in [-0.2, -0.15) is 0 Å². The van der Waals surface area contributed by atoms with Crippen molar-refractivity contribution >= 4 is 7.98 Å². The Morgan fingerprint density at radius 2 is 2.20 bits per heavy atom. The van der Waals surface area contributed by atoms with Gasteiger partial charge in [-0.15, -0.1) is 0 Å². The van der Waals surface area contributed by atoms with Gasteiger partial charge in [0.1, 0.15) is 0 Å². The van der Waals surface area contributed by atoms with Crippen molar-refractivity contribution < 1.29 is 0 Å². The molecule has 1 saturated heterocycles. The van der Waals surface area contributed by atoms with Crippen molar-refractivity contribution in [2.45, 2.75) is 26.2 Å². The molecule has 2 rings (SSSR count). The van der Waals surface area contributed by atoms with Gasteiger partial charge in [-0.1, -0.05) is 6.92 Å². The van der Waals surface area contributed by atoms with Crippen LogP contribution < -0.4 is 0 Å². The Morgan fingerprint density at radius 3 is 2.60 bits per heavy atom. The first kappa shape index (κ1) is 6.72. The Balaban J connectivity index is 1.95. The number of hydrogen-bond acceptors (Lipinski definition) is 1. The Kier molecular flexibility index (Phi) is 1.35. The highest BCUT2D eigenvalue weighted by molar-refractivity contribution is 6.04. The van der Waals surface area contributed by atoms with Crippen LogP contribution in [0.25, 0.3) is 0 Å². The van der Waals surface area contributed by atoms with E-state index in [0.717, 1.165) is 19.0 Å². The topological polar surface area (TPSA) is 3.24 Å². The first-order valence-electron chi connectivity index (χ1n) is 4.20. The third-order valence-corrected chi connectivity index (χ3v) is 3.03. The Labute approximate surface area is 64.2 Å². The summed E-state index contributed by atoms with van der Waals surface area (Å²) in [5.74, 6) is 0.964. The van der Waals surface area contributed by atoms with Gasteiger partial charge in [0.2, 0.25) is 0 Å². The van der Waals surface area contributed by atoms with Crippen molar-refractivity contribution in [1.29, 1.82) is 0 Å². The maximum Gasteiger partial charge on any atom is 0.182 e. The van der Waals surface area contributed by atoms with E-state index < -0.39 is 0 Å². The molecule has 0 aromatic carbocycles. The lowest BCUT2D eigenvalue weighted by Crippen LogP contribution is -2.37. The van der Waals surface area contributed by atoms with Gasteiger partial charge in [0.15, 0.2) is 7.98 Å². The highest BCUT2D eigenvalue weighted by atomic mass is 15.1. The van der Waals surface area contributed by atoms with Gasteiger partial charge in [-0.05, 0) is 43.7 Å². The van der Waals surface area contributed by atoms with Gasteiger partial charge >= 0.3 is 0 Å². The molecule has 2 aliphatic rings. The largest absolute Gasteiger partial charge is 0.353 e. The molecule has 0 N–H and O–H groups in total. The zero-order chi connectivity index (χ0) is 7.19. The minimum absolute atomic E-state index is 0.661. The zero-order valence-corrected chi connectivity index (χ0v) is 6.64. The summed E-state index contributed by atoms with van der Waals surface area (Å²) in [5.41, 5.74) is 0.661. The minimum Gasteiger partial charge on any atom is -0.353 e. The van der Waals surface area contributed by atoms with Gasteiger partial charge in [-0.3, -0.25) is 0 Å². The van der Waals surface area contributed by atoms with E-state index in [9.17, 15) is 0 Å². The molecule has 0 atom stereocenters. The quantitative estimate of drug-likeness (QED) is 0.451. The zero-order valence-electron chi connectivity index (χ0n) is 6.64. The molecule has 2 radical (unpaired) electrons. The molecule has 0 unspecified atom stereocenters. The second-order valence-electron chi connectivity index (χ2n) is 4.23. The second-order valence-corrected chi connectivity index (χ2v) is 4.23. The summed E-state index contributed by atoms with van der Waals surface area (Å²) in [6.45, 7) is 4.61. The van der Waals surface area contributed by atoms with Crippen molar-refractivity contribution in [3.63, 3.8) is 0 Å². The van der Waals surface area contributed by atoms with E-state index in [1.807, 2.05) is 4.81 Å². The minimum atomic E-state index is 0.661. The maximum atomic E-state index is 5.70. The van der Waals surface area contributed by atoms with Gasteiger partial charge in [0.25, 0.3) is 0 Å². The van der Waals surface area contributed by atoms with Crippen LogP contribution in [0.3, 0.4) is 0 Å². The van der Waals surface area contributed by atoms with Crippen LogP contribution in [0.1, 0.15) is 26.2 Å². The lowest BCUT2D eigenvalue weighted by atomic mass is 9.62. The van der Waals surface area contributed by atoms with Crippen LogP contribution in [0.2, 0.25) is 0 Å². The summed E-state index contributed by atoms with van der Waals surface area (Å²) < 4.78 is 0. The Morgan fingerprint density at radius 1 is 1.50 bits per heavy atom. The number of nitrogens with zero attached hydrogens (tertiary/aromatic N) is 1. The molecule has 0 amide bonds. The molecule has 54 valence electrons. The first-order valence-corrected chi connectivity index (χ1v) is 4.20. The fraction of sp³-hybridized carbons (Fsp3) is 1.00. The molecule has 0 bridgehead atoms. The summed E-state index contributed by atoms with van der Waals surface area (Å²) in [7, 11) is 5.70. The Bertz CT molecular complexity index is 135. The third-order valence-electron chi connectivity index (χ3n) is 3.03. The monoisotopic (exact) mass is 135 g/mol. The average molecular weight is 135 g/mol. The molecule has 1 spiro atoms. The predicted octanol–water partition coefficient (Wildman–Crippen LogP) is 1.19. The third kappa shape index (κ3) is 0.896. The maximum absolute atomic E-state index is 5.70. The van der Waals surface area contributed by atoms with Gasteiger partial charge in [0, 0.05) is 0 Å². The van der Waals surface area contributed by atoms with E-state index in [-0.39, 0.29) is 0 Å². The molecule has 0 aromatic rings. The summed E-state index contributed by atoms with van der Waals surface area (Å²) in [4.78, 5) is 1.98. The predicted molar refractivity (Wildman–Crippen MR) is 42.8 cm³/mol. The van der Waals surface area contributed by atoms with Crippen molar-refractivity contribution in [2.75, 3.05) is 13.1 Å². The van der Waals surface area contributed by atoms with E-state index in [4.69, 9.17) is 7.98 Å². The normalized spacial score (nSPS) is 47.9. The highest BCUT2D eigenvalue weighted by Gasteiger charge is 2.45. The fourth-order valence-corrected chi connectivity index (χ4v) is 2.72. The van der Waals surface area contributed by atoms with E-state index >= 15 is 0 Å². The summed E-state index contributed by atoms with van der Waals surface area (Å²) in [6.07, 6.45) is 4.18. The lowest BCUT2D eigenvalue weighted by molar-refractivity contribution is 0.0835. The van der Waals surface area contributed by atoms with Crippen LogP contribution in [0.15, 0.2) is 0 Å². The SMILES string of the molecule is [B]N1CCC2(CC(C)C2)C1. The van der Waals surface area contributed by atoms with Crippen LogP contribution in [0, 0.1) is 11.3 Å². The number of hydrogen-bond donors (Lipinski definition) is 0. The van der Waals surface area contributed by atoms with Crippen LogP contribution in [0.4, 0.5) is 0 Å². The molecule has 10 heavy (non-hydrogen) atoms. The highest BCUT2D eigenvalue weighted by Crippen LogP contribution is 2.50. The van der Waals surface area contributed by atoms with Crippen LogP contribution in [-0.2, 0) is 0 Å². The summed E-state index contributed by atoms with van der Waals surface area (Å²) >= 11 is 0. The first-order chi connectivity index (χ1) is 4.70. The number of rotatable bonds is 0. The van der Waals surface area contributed by atoms with Crippen molar-refractivity contribution in [3.05, 3.63) is 0 Å². The average Bonchev–Trinajstić information content (AvgIpc) is 2.10. The van der Waals surface area contributed by atoms with Gasteiger partial charge < -0.3 is 4.81 Å². The Hall–Kier alpha value is 0.0249. The van der Waals surface area contributed by atoms with E-state index in [0.29, 0.717) is 5.41 Å². The molecular weight excluding hydrogens is 121 g/mol. The molecule has 2 fully saturated rings. The van der Waals surface area contributed by atoms with Crippen molar-refractivity contribution in [2.24, 2.45) is 11.3 Å². The lowest BCUT2D eigenvalue weighted by Gasteiger charge is -2.43. The standard InChI is InChI=1S/C8H14BN/c1-7-4-8(5-7)2-3-10(9)6-8/h7H,2-6H2,1H3. The molecular formula is C8H14BN. The summed E-state index contributed by atoms with van der Waals surface area (Å²) in [6, 6.07) is 0. The smallest absolute Gasteiger partial charge is 0.182 e. The molecule has 2 heteroatoms. The molecule has 0 aromatic heterocycles. The second kappa shape index (κ2) is 2.01. The molecule has 1 saturated carbocycles. The molecule has 1 aliphatic carbocycles. The van der Waals surface area contributed by atoms with E-state index in [1.165, 1.54) is 19.3 Å². The fourth-order valence-electron chi connectivity index (χ4n) is 2.72. The van der Waals surface area contributed by atoms with Gasteiger partial charge in [0.05, 0.1) is 0 Å². The van der Waals surface area contributed by atoms with Crippen molar-refractivity contribution in [3.8, 4) is 0 Å². The molecule has 1 nitrogen and oxygen atoms in total. The van der Waals surface area contributed by atoms with Crippen LogP contribution in [-0.4, -0.2) is 25.9 Å². The molecule has 1 aliphatic heterocycles. The van der Waals surface area contributed by atoms with Crippen LogP contribution >= 0.6 is 0 Å². The van der Waals surface area contributed by atoms with Crippen molar-refractivity contribution in [1.82, 2.24) is 4.81 Å². The molecule has 1 heterocycles.